The summed E-state index contributed by atoms with van der Waals surface area (Å²) in [5.74, 6) is 0. The molecule has 0 radical (unpaired) electrons. The molecule has 2 aromatic heterocycles. The van der Waals surface area contributed by atoms with Gasteiger partial charge in [0.15, 0.2) is 0 Å². The van der Waals surface area contributed by atoms with Gasteiger partial charge in [0.05, 0.1) is 6.10 Å². The van der Waals surface area contributed by atoms with Gasteiger partial charge in [-0.3, -0.25) is 4.98 Å². The Hall–Kier alpha value is -1.19. The van der Waals surface area contributed by atoms with E-state index in [9.17, 15) is 5.11 Å². The highest BCUT2D eigenvalue weighted by Gasteiger charge is 2.18. The van der Waals surface area contributed by atoms with Gasteiger partial charge in [0.1, 0.15) is 0 Å². The fourth-order valence-corrected chi connectivity index (χ4v) is 2.83. The van der Waals surface area contributed by atoms with Crippen LogP contribution < -0.4 is 0 Å². The van der Waals surface area contributed by atoms with Crippen molar-refractivity contribution in [1.82, 2.24) is 4.98 Å². The van der Waals surface area contributed by atoms with Crippen LogP contribution in [0.5, 0.6) is 0 Å². The van der Waals surface area contributed by atoms with E-state index < -0.39 is 6.10 Å². The van der Waals surface area contributed by atoms with Crippen LogP contribution >= 0.6 is 11.3 Å². The van der Waals surface area contributed by atoms with E-state index in [2.05, 4.69) is 31.8 Å². The van der Waals surface area contributed by atoms with Crippen LogP contribution in [0.4, 0.5) is 0 Å². The summed E-state index contributed by atoms with van der Waals surface area (Å²) in [6, 6.07) is 8.05. The summed E-state index contributed by atoms with van der Waals surface area (Å²) >= 11 is 1.70. The quantitative estimate of drug-likeness (QED) is 0.913. The zero-order valence-corrected chi connectivity index (χ0v) is 11.9. The minimum absolute atomic E-state index is 0.150. The molecule has 0 spiro atoms. The van der Waals surface area contributed by atoms with Crippen molar-refractivity contribution in [2.45, 2.75) is 38.7 Å². The molecule has 96 valence electrons. The molecule has 0 amide bonds. The van der Waals surface area contributed by atoms with E-state index >= 15 is 0 Å². The molecule has 0 aliphatic carbocycles. The first kappa shape index (κ1) is 13.2. The number of aliphatic hydroxyl groups is 1. The van der Waals surface area contributed by atoms with Gasteiger partial charge in [-0.05, 0) is 29.2 Å². The Labute approximate surface area is 112 Å². The standard InChI is InChI=1S/C15H19NOS/c1-15(2,3)14-7-6-13(18-14)12(17)9-11-5-4-8-16-10-11/h4-8,10,12,17H,9H2,1-3H3. The molecule has 2 aromatic rings. The van der Waals surface area contributed by atoms with Gasteiger partial charge in [-0.25, -0.2) is 0 Å². The van der Waals surface area contributed by atoms with Gasteiger partial charge in [-0.2, -0.15) is 0 Å². The molecule has 0 saturated heterocycles. The van der Waals surface area contributed by atoms with Crippen LogP contribution in [-0.2, 0) is 11.8 Å². The third-order valence-electron chi connectivity index (χ3n) is 2.85. The Morgan fingerprint density at radius 3 is 2.61 bits per heavy atom. The van der Waals surface area contributed by atoms with Crippen molar-refractivity contribution in [3.63, 3.8) is 0 Å². The molecular weight excluding hydrogens is 242 g/mol. The van der Waals surface area contributed by atoms with Crippen molar-refractivity contribution >= 4 is 11.3 Å². The number of nitrogens with zero attached hydrogens (tertiary/aromatic N) is 1. The summed E-state index contributed by atoms with van der Waals surface area (Å²) in [6.45, 7) is 6.57. The molecule has 0 aliphatic heterocycles. The zero-order valence-electron chi connectivity index (χ0n) is 11.1. The Morgan fingerprint density at radius 2 is 2.06 bits per heavy atom. The fraction of sp³-hybridized carbons (Fsp3) is 0.400. The number of hydrogen-bond acceptors (Lipinski definition) is 3. The Bertz CT molecular complexity index is 499. The summed E-state index contributed by atoms with van der Waals surface area (Å²) in [5.41, 5.74) is 1.22. The Balaban J connectivity index is 2.10. The molecule has 1 unspecified atom stereocenters. The summed E-state index contributed by atoms with van der Waals surface area (Å²) in [6.07, 6.45) is 3.74. The Kier molecular flexibility index (Phi) is 3.83. The second kappa shape index (κ2) is 5.21. The number of aromatic nitrogens is 1. The second-order valence-corrected chi connectivity index (χ2v) is 6.65. The molecule has 3 heteroatoms. The van der Waals surface area contributed by atoms with E-state index in [-0.39, 0.29) is 5.41 Å². The number of hydrogen-bond donors (Lipinski definition) is 1. The minimum atomic E-state index is -0.435. The normalized spacial score (nSPS) is 13.6. The van der Waals surface area contributed by atoms with Gasteiger partial charge in [0.25, 0.3) is 0 Å². The van der Waals surface area contributed by atoms with Crippen LogP contribution in [-0.4, -0.2) is 10.1 Å². The number of rotatable bonds is 3. The van der Waals surface area contributed by atoms with Crippen molar-refractivity contribution in [3.8, 4) is 0 Å². The molecular formula is C15H19NOS. The lowest BCUT2D eigenvalue weighted by molar-refractivity contribution is 0.182. The molecule has 18 heavy (non-hydrogen) atoms. The summed E-state index contributed by atoms with van der Waals surface area (Å²) in [4.78, 5) is 6.41. The lowest BCUT2D eigenvalue weighted by atomic mass is 9.95. The highest BCUT2D eigenvalue weighted by molar-refractivity contribution is 7.12. The van der Waals surface area contributed by atoms with Gasteiger partial charge in [-0.15, -0.1) is 11.3 Å². The molecule has 0 bridgehead atoms. The van der Waals surface area contributed by atoms with E-state index in [1.54, 1.807) is 17.5 Å². The average Bonchev–Trinajstić information content (AvgIpc) is 2.79. The predicted molar refractivity (Wildman–Crippen MR) is 75.9 cm³/mol. The first-order valence-corrected chi connectivity index (χ1v) is 6.95. The highest BCUT2D eigenvalue weighted by atomic mass is 32.1. The number of thiophene rings is 1. The predicted octanol–water partition coefficient (Wildman–Crippen LogP) is 3.72. The molecule has 0 aliphatic rings. The third kappa shape index (κ3) is 3.18. The van der Waals surface area contributed by atoms with E-state index in [1.165, 1.54) is 4.88 Å². The number of aliphatic hydroxyl groups excluding tert-OH is 1. The van der Waals surface area contributed by atoms with E-state index in [0.29, 0.717) is 6.42 Å². The van der Waals surface area contributed by atoms with Gasteiger partial charge >= 0.3 is 0 Å². The lowest BCUT2D eigenvalue weighted by Gasteiger charge is -2.15. The summed E-state index contributed by atoms with van der Waals surface area (Å²) < 4.78 is 0. The molecule has 0 saturated carbocycles. The SMILES string of the molecule is CC(C)(C)c1ccc(C(O)Cc2cccnc2)s1. The Morgan fingerprint density at radius 1 is 1.28 bits per heavy atom. The van der Waals surface area contributed by atoms with Crippen molar-refractivity contribution in [2.24, 2.45) is 0 Å². The van der Waals surface area contributed by atoms with Crippen LogP contribution in [0.2, 0.25) is 0 Å². The molecule has 2 rings (SSSR count). The molecule has 0 fully saturated rings. The molecule has 1 N–H and O–H groups in total. The molecule has 0 aromatic carbocycles. The van der Waals surface area contributed by atoms with Crippen molar-refractivity contribution < 1.29 is 5.11 Å². The van der Waals surface area contributed by atoms with Crippen molar-refractivity contribution in [3.05, 3.63) is 52.0 Å². The highest BCUT2D eigenvalue weighted by Crippen LogP contribution is 2.33. The topological polar surface area (TPSA) is 33.1 Å². The molecule has 1 atom stereocenters. The van der Waals surface area contributed by atoms with Crippen LogP contribution in [0.1, 0.15) is 42.2 Å². The minimum Gasteiger partial charge on any atom is -0.387 e. The van der Waals surface area contributed by atoms with E-state index in [4.69, 9.17) is 0 Å². The van der Waals surface area contributed by atoms with Crippen LogP contribution in [0.3, 0.4) is 0 Å². The maximum atomic E-state index is 10.2. The lowest BCUT2D eigenvalue weighted by Crippen LogP contribution is -2.07. The first-order valence-electron chi connectivity index (χ1n) is 6.14. The van der Waals surface area contributed by atoms with E-state index in [0.717, 1.165) is 10.4 Å². The third-order valence-corrected chi connectivity index (χ3v) is 4.46. The monoisotopic (exact) mass is 261 g/mol. The van der Waals surface area contributed by atoms with Gasteiger partial charge < -0.3 is 5.11 Å². The smallest absolute Gasteiger partial charge is 0.0922 e. The summed E-state index contributed by atoms with van der Waals surface area (Å²) in [7, 11) is 0. The zero-order chi connectivity index (χ0) is 13.2. The number of pyridine rings is 1. The van der Waals surface area contributed by atoms with Gasteiger partial charge in [0.2, 0.25) is 0 Å². The summed E-state index contributed by atoms with van der Waals surface area (Å²) in [5, 5.41) is 10.2. The van der Waals surface area contributed by atoms with Crippen molar-refractivity contribution in [1.29, 1.82) is 0 Å². The molecule has 2 heterocycles. The van der Waals surface area contributed by atoms with Crippen molar-refractivity contribution in [2.75, 3.05) is 0 Å². The van der Waals surface area contributed by atoms with E-state index in [1.807, 2.05) is 24.4 Å². The maximum Gasteiger partial charge on any atom is 0.0922 e. The largest absolute Gasteiger partial charge is 0.387 e. The second-order valence-electron chi connectivity index (χ2n) is 5.53. The maximum absolute atomic E-state index is 10.2. The van der Waals surface area contributed by atoms with Crippen LogP contribution in [0, 0.1) is 0 Å². The van der Waals surface area contributed by atoms with Crippen LogP contribution in [0.25, 0.3) is 0 Å². The average molecular weight is 261 g/mol. The van der Waals surface area contributed by atoms with Crippen LogP contribution in [0.15, 0.2) is 36.7 Å². The van der Waals surface area contributed by atoms with Gasteiger partial charge in [0, 0.05) is 28.6 Å². The van der Waals surface area contributed by atoms with Gasteiger partial charge in [-0.1, -0.05) is 26.8 Å². The fourth-order valence-electron chi connectivity index (χ4n) is 1.78. The molecule has 2 nitrogen and oxygen atoms in total. The first-order chi connectivity index (χ1) is 8.47.